The first-order chi connectivity index (χ1) is 9.04. The summed E-state index contributed by atoms with van der Waals surface area (Å²) in [7, 11) is 0. The minimum absolute atomic E-state index is 0.507. The Labute approximate surface area is 119 Å². The molecule has 0 aliphatic heterocycles. The first-order valence-electron chi connectivity index (χ1n) is 6.83. The van der Waals surface area contributed by atoms with Crippen molar-refractivity contribution in [1.82, 2.24) is 4.98 Å². The summed E-state index contributed by atoms with van der Waals surface area (Å²) in [6.45, 7) is 8.78. The second-order valence-corrected chi connectivity index (χ2v) is 6.57. The Hall–Kier alpha value is -1.35. The van der Waals surface area contributed by atoms with Crippen LogP contribution in [0.25, 0.3) is 11.3 Å². The van der Waals surface area contributed by atoms with Crippen LogP contribution >= 0.6 is 11.3 Å². The highest BCUT2D eigenvalue weighted by atomic mass is 32.1. The molecule has 0 spiro atoms. The van der Waals surface area contributed by atoms with E-state index >= 15 is 0 Å². The zero-order valence-corrected chi connectivity index (χ0v) is 12.9. The van der Waals surface area contributed by atoms with E-state index in [-0.39, 0.29) is 0 Å². The summed E-state index contributed by atoms with van der Waals surface area (Å²) in [4.78, 5) is 4.51. The van der Waals surface area contributed by atoms with Crippen LogP contribution in [0, 0.1) is 12.8 Å². The Kier molecular flexibility index (Phi) is 4.59. The van der Waals surface area contributed by atoms with Crippen LogP contribution in [-0.4, -0.2) is 11.0 Å². The molecular formula is C16H22N2S. The van der Waals surface area contributed by atoms with E-state index in [9.17, 15) is 0 Å². The first kappa shape index (κ1) is 14.1. The maximum absolute atomic E-state index is 4.51. The highest BCUT2D eigenvalue weighted by Crippen LogP contribution is 2.23. The summed E-state index contributed by atoms with van der Waals surface area (Å²) >= 11 is 1.69. The van der Waals surface area contributed by atoms with Gasteiger partial charge in [-0.3, -0.25) is 0 Å². The molecule has 1 unspecified atom stereocenters. The highest BCUT2D eigenvalue weighted by molar-refractivity contribution is 7.09. The number of nitrogens with zero attached hydrogens (tertiary/aromatic N) is 1. The lowest BCUT2D eigenvalue weighted by molar-refractivity contribution is 0.540. The topological polar surface area (TPSA) is 24.9 Å². The molecule has 1 aromatic heterocycles. The molecule has 2 aromatic rings. The Morgan fingerprint density at radius 3 is 2.37 bits per heavy atom. The predicted octanol–water partition coefficient (Wildman–Crippen LogP) is 4.97. The van der Waals surface area contributed by atoms with E-state index in [1.165, 1.54) is 17.7 Å². The summed E-state index contributed by atoms with van der Waals surface area (Å²) in [5, 5.41) is 6.76. The number of anilines is 1. The van der Waals surface area contributed by atoms with Gasteiger partial charge in [0.25, 0.3) is 0 Å². The van der Waals surface area contributed by atoms with Crippen LogP contribution in [0.5, 0.6) is 0 Å². The summed E-state index contributed by atoms with van der Waals surface area (Å²) in [6, 6.07) is 9.06. The number of hydrogen-bond acceptors (Lipinski definition) is 3. The van der Waals surface area contributed by atoms with Crippen molar-refractivity contribution in [2.45, 2.75) is 40.2 Å². The molecule has 2 rings (SSSR count). The molecule has 1 heterocycles. The average Bonchev–Trinajstić information content (AvgIpc) is 2.75. The summed E-state index contributed by atoms with van der Waals surface area (Å²) < 4.78 is 0. The smallest absolute Gasteiger partial charge is 0.0901 e. The van der Waals surface area contributed by atoms with Crippen molar-refractivity contribution >= 4 is 17.0 Å². The number of rotatable bonds is 5. The Bertz CT molecular complexity index is 514. The average molecular weight is 274 g/mol. The van der Waals surface area contributed by atoms with Gasteiger partial charge in [-0.15, -0.1) is 11.3 Å². The Morgan fingerprint density at radius 1 is 1.16 bits per heavy atom. The number of nitrogens with one attached hydrogen (secondary N) is 1. The van der Waals surface area contributed by atoms with Crippen LogP contribution < -0.4 is 5.32 Å². The molecule has 0 saturated carbocycles. The minimum atomic E-state index is 0.507. The van der Waals surface area contributed by atoms with Crippen molar-refractivity contribution in [3.63, 3.8) is 0 Å². The molecule has 0 radical (unpaired) electrons. The fraction of sp³-hybridized carbons (Fsp3) is 0.438. The second kappa shape index (κ2) is 6.20. The van der Waals surface area contributed by atoms with Gasteiger partial charge in [-0.1, -0.05) is 26.0 Å². The summed E-state index contributed by atoms with van der Waals surface area (Å²) in [5.74, 6) is 0.722. The molecule has 0 aliphatic carbocycles. The summed E-state index contributed by atoms with van der Waals surface area (Å²) in [5.41, 5.74) is 3.44. The van der Waals surface area contributed by atoms with Gasteiger partial charge in [0.15, 0.2) is 0 Å². The molecule has 0 aliphatic rings. The van der Waals surface area contributed by atoms with E-state index in [1.54, 1.807) is 11.3 Å². The van der Waals surface area contributed by atoms with Gasteiger partial charge in [-0.05, 0) is 38.3 Å². The lowest BCUT2D eigenvalue weighted by atomic mass is 10.0. The largest absolute Gasteiger partial charge is 0.383 e. The Morgan fingerprint density at radius 2 is 1.84 bits per heavy atom. The quantitative estimate of drug-likeness (QED) is 0.833. The van der Waals surface area contributed by atoms with Crippen molar-refractivity contribution in [2.24, 2.45) is 5.92 Å². The second-order valence-electron chi connectivity index (χ2n) is 5.50. The van der Waals surface area contributed by atoms with Crippen molar-refractivity contribution in [3.05, 3.63) is 34.7 Å². The fourth-order valence-corrected chi connectivity index (χ4v) is 2.91. The van der Waals surface area contributed by atoms with Gasteiger partial charge in [0, 0.05) is 22.7 Å². The van der Waals surface area contributed by atoms with Crippen LogP contribution in [0.15, 0.2) is 29.6 Å². The van der Waals surface area contributed by atoms with Crippen molar-refractivity contribution in [3.8, 4) is 11.3 Å². The molecule has 0 bridgehead atoms. The lowest BCUT2D eigenvalue weighted by Gasteiger charge is -2.17. The van der Waals surface area contributed by atoms with Crippen LogP contribution in [-0.2, 0) is 0 Å². The number of aryl methyl sites for hydroxylation is 1. The molecule has 1 aromatic carbocycles. The minimum Gasteiger partial charge on any atom is -0.383 e. The van der Waals surface area contributed by atoms with Crippen molar-refractivity contribution in [2.75, 3.05) is 5.32 Å². The maximum atomic E-state index is 4.51. The molecule has 0 saturated heterocycles. The van der Waals surface area contributed by atoms with Crippen molar-refractivity contribution in [1.29, 1.82) is 0 Å². The molecule has 0 amide bonds. The molecule has 0 fully saturated rings. The lowest BCUT2D eigenvalue weighted by Crippen LogP contribution is -2.17. The van der Waals surface area contributed by atoms with E-state index in [0.29, 0.717) is 6.04 Å². The van der Waals surface area contributed by atoms with Gasteiger partial charge in [0.2, 0.25) is 0 Å². The van der Waals surface area contributed by atoms with Gasteiger partial charge in [-0.2, -0.15) is 0 Å². The van der Waals surface area contributed by atoms with Gasteiger partial charge in [0.05, 0.1) is 10.7 Å². The third-order valence-electron chi connectivity index (χ3n) is 3.04. The Balaban J connectivity index is 2.02. The highest BCUT2D eigenvalue weighted by Gasteiger charge is 2.06. The van der Waals surface area contributed by atoms with Crippen LogP contribution in [0.3, 0.4) is 0 Å². The third kappa shape index (κ3) is 4.06. The number of benzene rings is 1. The third-order valence-corrected chi connectivity index (χ3v) is 3.81. The van der Waals surface area contributed by atoms with Crippen LogP contribution in [0.1, 0.15) is 32.2 Å². The molecule has 102 valence electrons. The van der Waals surface area contributed by atoms with Crippen LogP contribution in [0.4, 0.5) is 5.69 Å². The normalized spacial score (nSPS) is 12.7. The first-order valence-corrected chi connectivity index (χ1v) is 7.71. The number of thiazole rings is 1. The zero-order chi connectivity index (χ0) is 13.8. The molecule has 1 N–H and O–H groups in total. The zero-order valence-electron chi connectivity index (χ0n) is 12.1. The van der Waals surface area contributed by atoms with Gasteiger partial charge in [0.1, 0.15) is 0 Å². The van der Waals surface area contributed by atoms with Crippen molar-refractivity contribution < 1.29 is 0 Å². The van der Waals surface area contributed by atoms with E-state index in [2.05, 4.69) is 60.7 Å². The number of aromatic nitrogens is 1. The monoisotopic (exact) mass is 274 g/mol. The summed E-state index contributed by atoms with van der Waals surface area (Å²) in [6.07, 6.45) is 1.19. The van der Waals surface area contributed by atoms with E-state index in [4.69, 9.17) is 0 Å². The van der Waals surface area contributed by atoms with E-state index < -0.39 is 0 Å². The van der Waals surface area contributed by atoms with E-state index in [1.807, 2.05) is 6.92 Å². The SMILES string of the molecule is Cc1nc(-c2ccc(NC(C)CC(C)C)cc2)cs1. The standard InChI is InChI=1S/C16H22N2S/c1-11(2)9-12(3)17-15-7-5-14(6-8-15)16-10-19-13(4)18-16/h5-8,10-12,17H,9H2,1-4H3. The fourth-order valence-electron chi connectivity index (χ4n) is 2.28. The van der Waals surface area contributed by atoms with Crippen LogP contribution in [0.2, 0.25) is 0 Å². The molecule has 3 heteroatoms. The molecular weight excluding hydrogens is 252 g/mol. The predicted molar refractivity (Wildman–Crippen MR) is 84.8 cm³/mol. The molecule has 1 atom stereocenters. The van der Waals surface area contributed by atoms with Gasteiger partial charge >= 0.3 is 0 Å². The van der Waals surface area contributed by atoms with Gasteiger partial charge in [-0.25, -0.2) is 4.98 Å². The number of hydrogen-bond donors (Lipinski definition) is 1. The molecule has 19 heavy (non-hydrogen) atoms. The molecule has 2 nitrogen and oxygen atoms in total. The van der Waals surface area contributed by atoms with E-state index in [0.717, 1.165) is 16.6 Å². The maximum Gasteiger partial charge on any atom is 0.0901 e. The van der Waals surface area contributed by atoms with Gasteiger partial charge < -0.3 is 5.32 Å².